The molecule has 0 bridgehead atoms. The molecule has 0 saturated carbocycles. The van der Waals surface area contributed by atoms with E-state index in [1.807, 2.05) is 0 Å². The molecular weight excluding hydrogens is 414 g/mol. The van der Waals surface area contributed by atoms with Gasteiger partial charge in [0.2, 0.25) is 0 Å². The predicted octanol–water partition coefficient (Wildman–Crippen LogP) is 2.80. The number of benzene rings is 2. The number of thiazole rings is 1. The zero-order chi connectivity index (χ0) is 22.2. The van der Waals surface area contributed by atoms with Crippen molar-refractivity contribution in [3.05, 3.63) is 62.8 Å². The number of hydrogen-bond donors (Lipinski definition) is 4. The fourth-order valence-electron chi connectivity index (χ4n) is 3.73. The molecule has 0 aliphatic carbocycles. The van der Waals surface area contributed by atoms with Crippen molar-refractivity contribution in [2.75, 3.05) is 26.9 Å². The summed E-state index contributed by atoms with van der Waals surface area (Å²) in [7, 11) is 1.72. The summed E-state index contributed by atoms with van der Waals surface area (Å²) in [4.78, 5) is 16.3. The SMILES string of the molecule is CCCN(COC)Cc1cccc(CCNC(O)Cc2ccc(O)c3[nH]c(=O)sc23)c1. The minimum absolute atomic E-state index is 0.0439. The predicted molar refractivity (Wildman–Crippen MR) is 125 cm³/mol. The van der Waals surface area contributed by atoms with Crippen LogP contribution in [0.15, 0.2) is 41.2 Å². The number of nitrogens with one attached hydrogen (secondary N) is 2. The first kappa shape index (κ1) is 23.4. The van der Waals surface area contributed by atoms with Gasteiger partial charge >= 0.3 is 4.87 Å². The molecule has 3 aromatic rings. The number of phenols is 1. The summed E-state index contributed by atoms with van der Waals surface area (Å²) in [5.41, 5.74) is 3.72. The van der Waals surface area contributed by atoms with Crippen LogP contribution in [-0.2, 0) is 24.1 Å². The second kappa shape index (κ2) is 11.4. The Morgan fingerprint density at radius 3 is 2.84 bits per heavy atom. The van der Waals surface area contributed by atoms with Crippen molar-refractivity contribution in [2.45, 2.75) is 39.0 Å². The number of methoxy groups -OCH3 is 1. The highest BCUT2D eigenvalue weighted by atomic mass is 32.1. The molecule has 1 aromatic heterocycles. The van der Waals surface area contributed by atoms with Gasteiger partial charge in [-0.05, 0) is 35.6 Å². The maximum Gasteiger partial charge on any atom is 0.305 e. The highest BCUT2D eigenvalue weighted by Crippen LogP contribution is 2.28. The van der Waals surface area contributed by atoms with E-state index in [1.54, 1.807) is 19.2 Å². The van der Waals surface area contributed by atoms with E-state index in [4.69, 9.17) is 4.74 Å². The average Bonchev–Trinajstić information content (AvgIpc) is 3.14. The maximum atomic E-state index is 11.6. The number of phenolic OH excluding ortho intramolecular Hbond substituents is 1. The number of fused-ring (bicyclic) bond motifs is 1. The first-order valence-corrected chi connectivity index (χ1v) is 11.4. The quantitative estimate of drug-likeness (QED) is 0.320. The number of H-pyrrole nitrogens is 1. The summed E-state index contributed by atoms with van der Waals surface area (Å²) in [5, 5.41) is 23.5. The lowest BCUT2D eigenvalue weighted by Crippen LogP contribution is -2.32. The number of nitrogens with zero attached hydrogens (tertiary/aromatic N) is 1. The molecule has 1 heterocycles. The van der Waals surface area contributed by atoms with Crippen LogP contribution >= 0.6 is 11.3 Å². The van der Waals surface area contributed by atoms with E-state index in [0.29, 0.717) is 29.9 Å². The number of aromatic nitrogens is 1. The van der Waals surface area contributed by atoms with Gasteiger partial charge in [0.25, 0.3) is 0 Å². The minimum atomic E-state index is -0.741. The van der Waals surface area contributed by atoms with Crippen molar-refractivity contribution in [3.8, 4) is 5.75 Å². The van der Waals surface area contributed by atoms with Crippen molar-refractivity contribution in [1.29, 1.82) is 0 Å². The Balaban J connectivity index is 1.53. The molecule has 1 atom stereocenters. The van der Waals surface area contributed by atoms with Crippen LogP contribution in [0.2, 0.25) is 0 Å². The van der Waals surface area contributed by atoms with Crippen LogP contribution in [0.1, 0.15) is 30.0 Å². The third-order valence-corrected chi connectivity index (χ3v) is 6.05. The highest BCUT2D eigenvalue weighted by molar-refractivity contribution is 7.16. The van der Waals surface area contributed by atoms with Crippen LogP contribution in [0, 0.1) is 0 Å². The summed E-state index contributed by atoms with van der Waals surface area (Å²) in [6.07, 6.45) is 1.49. The number of hydrogen-bond acceptors (Lipinski definition) is 7. The van der Waals surface area contributed by atoms with Crippen molar-refractivity contribution in [1.82, 2.24) is 15.2 Å². The van der Waals surface area contributed by atoms with Gasteiger partial charge in [0.15, 0.2) is 0 Å². The first-order chi connectivity index (χ1) is 15.0. The van der Waals surface area contributed by atoms with Crippen LogP contribution in [0.5, 0.6) is 5.75 Å². The Kier molecular flexibility index (Phi) is 8.62. The standard InChI is InChI=1S/C23H31N3O4S/c1-3-11-26(15-30-2)14-17-6-4-5-16(12-17)9-10-24-20(28)13-18-7-8-19(27)21-22(18)31-23(29)25-21/h4-8,12,20,24,27-28H,3,9-11,13-15H2,1-2H3,(H,25,29). The van der Waals surface area contributed by atoms with E-state index in [9.17, 15) is 15.0 Å². The van der Waals surface area contributed by atoms with E-state index in [2.05, 4.69) is 46.4 Å². The second-order valence-corrected chi connectivity index (χ2v) is 8.66. The van der Waals surface area contributed by atoms with Crippen molar-refractivity contribution < 1.29 is 14.9 Å². The van der Waals surface area contributed by atoms with Gasteiger partial charge < -0.3 is 19.9 Å². The van der Waals surface area contributed by atoms with Crippen molar-refractivity contribution in [3.63, 3.8) is 0 Å². The Labute approximate surface area is 186 Å². The van der Waals surface area contributed by atoms with Crippen LogP contribution in [0.25, 0.3) is 10.2 Å². The summed E-state index contributed by atoms with van der Waals surface area (Å²) >= 11 is 1.05. The van der Waals surface area contributed by atoms with Gasteiger partial charge in [-0.15, -0.1) is 0 Å². The van der Waals surface area contributed by atoms with Gasteiger partial charge in [0.1, 0.15) is 17.5 Å². The molecule has 0 aliphatic heterocycles. The van der Waals surface area contributed by atoms with Gasteiger partial charge in [-0.25, -0.2) is 0 Å². The third-order valence-electron chi connectivity index (χ3n) is 5.10. The summed E-state index contributed by atoms with van der Waals surface area (Å²) in [6, 6.07) is 11.8. The van der Waals surface area contributed by atoms with E-state index in [0.717, 1.165) is 42.8 Å². The molecule has 0 amide bonds. The smallest absolute Gasteiger partial charge is 0.305 e. The minimum Gasteiger partial charge on any atom is -0.506 e. The molecule has 2 aromatic carbocycles. The topological polar surface area (TPSA) is 97.8 Å². The van der Waals surface area contributed by atoms with Crippen LogP contribution < -0.4 is 10.2 Å². The monoisotopic (exact) mass is 445 g/mol. The lowest BCUT2D eigenvalue weighted by atomic mass is 10.1. The van der Waals surface area contributed by atoms with Crippen LogP contribution in [0.3, 0.4) is 0 Å². The van der Waals surface area contributed by atoms with E-state index >= 15 is 0 Å². The largest absolute Gasteiger partial charge is 0.506 e. The van der Waals surface area contributed by atoms with E-state index < -0.39 is 6.23 Å². The Morgan fingerprint density at radius 1 is 1.26 bits per heavy atom. The number of aliphatic hydroxyl groups is 1. The van der Waals surface area contributed by atoms with Gasteiger partial charge in [0.05, 0.1) is 11.4 Å². The van der Waals surface area contributed by atoms with Crippen LogP contribution in [-0.4, -0.2) is 53.3 Å². The maximum absolute atomic E-state index is 11.6. The molecule has 7 nitrogen and oxygen atoms in total. The molecule has 0 saturated heterocycles. The van der Waals surface area contributed by atoms with Crippen molar-refractivity contribution in [2.24, 2.45) is 0 Å². The molecule has 168 valence electrons. The molecule has 8 heteroatoms. The Hall–Kier alpha value is -2.23. The molecule has 0 radical (unpaired) electrons. The second-order valence-electron chi connectivity index (χ2n) is 7.68. The van der Waals surface area contributed by atoms with Crippen molar-refractivity contribution >= 4 is 21.6 Å². The highest BCUT2D eigenvalue weighted by Gasteiger charge is 2.13. The average molecular weight is 446 g/mol. The molecule has 31 heavy (non-hydrogen) atoms. The number of aromatic hydroxyl groups is 1. The molecule has 4 N–H and O–H groups in total. The summed E-state index contributed by atoms with van der Waals surface area (Å²) in [6.45, 7) is 5.25. The number of ether oxygens (including phenoxy) is 1. The normalized spacial score (nSPS) is 12.6. The molecule has 1 unspecified atom stereocenters. The summed E-state index contributed by atoms with van der Waals surface area (Å²) < 4.78 is 5.98. The lowest BCUT2D eigenvalue weighted by molar-refractivity contribution is 0.0579. The molecule has 0 fully saturated rings. The molecule has 0 spiro atoms. The zero-order valence-corrected chi connectivity index (χ0v) is 18.9. The third kappa shape index (κ3) is 6.62. The van der Waals surface area contributed by atoms with Gasteiger partial charge in [-0.3, -0.25) is 15.0 Å². The van der Waals surface area contributed by atoms with E-state index in [-0.39, 0.29) is 10.6 Å². The number of rotatable bonds is 12. The number of aromatic amines is 1. The summed E-state index contributed by atoms with van der Waals surface area (Å²) in [5.74, 6) is 0.0439. The Bertz CT molecular complexity index is 1030. The molecule has 0 aliphatic rings. The first-order valence-electron chi connectivity index (χ1n) is 10.5. The van der Waals surface area contributed by atoms with Gasteiger partial charge in [0, 0.05) is 33.2 Å². The van der Waals surface area contributed by atoms with Crippen LogP contribution in [0.4, 0.5) is 0 Å². The fraction of sp³-hybridized carbons (Fsp3) is 0.435. The molecule has 3 rings (SSSR count). The van der Waals surface area contributed by atoms with Gasteiger partial charge in [-0.2, -0.15) is 0 Å². The zero-order valence-electron chi connectivity index (χ0n) is 18.1. The molecular formula is C23H31N3O4S. The van der Waals surface area contributed by atoms with Gasteiger partial charge in [-0.1, -0.05) is 48.6 Å². The van der Waals surface area contributed by atoms with E-state index in [1.165, 1.54) is 11.1 Å². The Morgan fingerprint density at radius 2 is 2.06 bits per heavy atom. The number of aliphatic hydroxyl groups excluding tert-OH is 1. The fourth-order valence-corrected chi connectivity index (χ4v) is 4.61. The lowest BCUT2D eigenvalue weighted by Gasteiger charge is -2.21.